The monoisotopic (exact) mass is 482 g/mol. The van der Waals surface area contributed by atoms with E-state index in [9.17, 15) is 14.4 Å². The molecule has 34 heavy (non-hydrogen) atoms. The van der Waals surface area contributed by atoms with E-state index in [2.05, 4.69) is 11.9 Å². The maximum Gasteiger partial charge on any atom is 0.407 e. The van der Waals surface area contributed by atoms with E-state index in [1.807, 2.05) is 61.5 Å². The molecule has 0 aromatic carbocycles. The molecule has 1 aliphatic rings. The predicted molar refractivity (Wildman–Crippen MR) is 139 cm³/mol. The average molecular weight is 483 g/mol. The molecular formula is C27H50N2O5. The lowest BCUT2D eigenvalue weighted by molar-refractivity contribution is -0.146. The molecule has 0 bridgehead atoms. The van der Waals surface area contributed by atoms with Crippen LogP contribution < -0.4 is 5.32 Å². The summed E-state index contributed by atoms with van der Waals surface area (Å²) in [5.41, 5.74) is -0.532. The first kappa shape index (κ1) is 33.9. The fourth-order valence-corrected chi connectivity index (χ4v) is 3.36. The van der Waals surface area contributed by atoms with Gasteiger partial charge in [0, 0.05) is 18.5 Å². The lowest BCUT2D eigenvalue weighted by Crippen LogP contribution is -2.43. The van der Waals surface area contributed by atoms with Crippen molar-refractivity contribution in [1.82, 2.24) is 10.2 Å². The Balaban J connectivity index is 0. The summed E-state index contributed by atoms with van der Waals surface area (Å²) in [4.78, 5) is 38.4. The van der Waals surface area contributed by atoms with E-state index in [-0.39, 0.29) is 23.8 Å². The van der Waals surface area contributed by atoms with Crippen LogP contribution in [0.4, 0.5) is 4.79 Å². The molecule has 2 atom stereocenters. The molecule has 0 aliphatic carbocycles. The highest BCUT2D eigenvalue weighted by Crippen LogP contribution is 2.27. The van der Waals surface area contributed by atoms with Gasteiger partial charge in [-0.3, -0.25) is 14.5 Å². The van der Waals surface area contributed by atoms with Crippen LogP contribution >= 0.6 is 0 Å². The highest BCUT2D eigenvalue weighted by atomic mass is 16.6. The Morgan fingerprint density at radius 3 is 2.29 bits per heavy atom. The van der Waals surface area contributed by atoms with E-state index in [1.165, 1.54) is 18.1 Å². The summed E-state index contributed by atoms with van der Waals surface area (Å²) < 4.78 is 10.6. The lowest BCUT2D eigenvalue weighted by Gasteiger charge is -2.27. The van der Waals surface area contributed by atoms with Crippen molar-refractivity contribution in [1.29, 1.82) is 0 Å². The number of hydrogen-bond donors (Lipinski definition) is 1. The first-order chi connectivity index (χ1) is 16.1. The number of hydrogen-bond acceptors (Lipinski definition) is 5. The Labute approximate surface area is 208 Å². The quantitative estimate of drug-likeness (QED) is 0.257. The van der Waals surface area contributed by atoms with Crippen molar-refractivity contribution in [3.8, 4) is 0 Å². The third-order valence-corrected chi connectivity index (χ3v) is 4.91. The van der Waals surface area contributed by atoms with Crippen molar-refractivity contribution < 1.29 is 23.9 Å². The summed E-state index contributed by atoms with van der Waals surface area (Å²) in [6.07, 6.45) is 8.45. The van der Waals surface area contributed by atoms with Crippen molar-refractivity contribution in [2.45, 2.75) is 112 Å². The smallest absolute Gasteiger partial charge is 0.407 e. The van der Waals surface area contributed by atoms with E-state index >= 15 is 0 Å². The topological polar surface area (TPSA) is 84.9 Å². The molecule has 1 heterocycles. The highest BCUT2D eigenvalue weighted by Gasteiger charge is 2.39. The van der Waals surface area contributed by atoms with Gasteiger partial charge in [0.15, 0.2) is 0 Å². The maximum atomic E-state index is 12.9. The van der Waals surface area contributed by atoms with Gasteiger partial charge in [0.2, 0.25) is 5.91 Å². The van der Waals surface area contributed by atoms with Crippen molar-refractivity contribution in [2.75, 3.05) is 13.7 Å². The second-order valence-corrected chi connectivity index (χ2v) is 8.71. The molecule has 1 N–H and O–H groups in total. The molecule has 1 unspecified atom stereocenters. The molecule has 198 valence electrons. The molecular weight excluding hydrogens is 432 g/mol. The van der Waals surface area contributed by atoms with Gasteiger partial charge in [0.1, 0.15) is 11.4 Å². The zero-order valence-electron chi connectivity index (χ0n) is 23.2. The minimum Gasteiger partial charge on any atom is -0.499 e. The van der Waals surface area contributed by atoms with Gasteiger partial charge in [0.25, 0.3) is 5.91 Å². The molecule has 7 heteroatoms. The minimum atomic E-state index is -0.532. The van der Waals surface area contributed by atoms with Crippen molar-refractivity contribution in [3.05, 3.63) is 24.5 Å². The lowest BCUT2D eigenvalue weighted by atomic mass is 10.00. The van der Waals surface area contributed by atoms with Crippen molar-refractivity contribution in [2.24, 2.45) is 5.92 Å². The zero-order chi connectivity index (χ0) is 26.7. The standard InChI is InChI=1S/C23H38N2O5.2C2H6/c1-7-8-9-10-13-17(2)21(27)25-18(19(29-6)16-20(25)26)14-11-12-15-24-22(28)30-23(3,4)5;2*1-2/h7,16-18H,1,8-15H2,2-6H3,(H,24,28);2*1-2H3/t17-,18?;;/m1../s1. The number of ether oxygens (including phenoxy) is 2. The average Bonchev–Trinajstić information content (AvgIpc) is 3.12. The van der Waals surface area contributed by atoms with Gasteiger partial charge in [-0.25, -0.2) is 4.79 Å². The minimum absolute atomic E-state index is 0.154. The summed E-state index contributed by atoms with van der Waals surface area (Å²) in [6.45, 7) is 19.5. The molecule has 0 aromatic rings. The molecule has 0 spiro atoms. The van der Waals surface area contributed by atoms with E-state index in [4.69, 9.17) is 9.47 Å². The molecule has 0 fully saturated rings. The molecule has 0 saturated heterocycles. The van der Waals surface area contributed by atoms with E-state index < -0.39 is 11.7 Å². The molecule has 0 saturated carbocycles. The molecule has 0 aromatic heterocycles. The number of carbonyl (C=O) groups is 3. The number of nitrogens with one attached hydrogen (secondary N) is 1. The van der Waals surface area contributed by atoms with Gasteiger partial charge in [-0.2, -0.15) is 0 Å². The van der Waals surface area contributed by atoms with Crippen LogP contribution in [0.25, 0.3) is 0 Å². The zero-order valence-corrected chi connectivity index (χ0v) is 23.2. The second-order valence-electron chi connectivity index (χ2n) is 8.71. The summed E-state index contributed by atoms with van der Waals surface area (Å²) in [7, 11) is 1.52. The number of unbranched alkanes of at least 4 members (excludes halogenated alkanes) is 3. The van der Waals surface area contributed by atoms with Gasteiger partial charge in [-0.05, 0) is 59.3 Å². The Kier molecular flexibility index (Phi) is 19.0. The van der Waals surface area contributed by atoms with Crippen LogP contribution in [0.3, 0.4) is 0 Å². The summed E-state index contributed by atoms with van der Waals surface area (Å²) in [5, 5.41) is 2.72. The molecule has 7 nitrogen and oxygen atoms in total. The van der Waals surface area contributed by atoms with Crippen LogP contribution in [0, 0.1) is 5.92 Å². The van der Waals surface area contributed by atoms with Crippen molar-refractivity contribution in [3.63, 3.8) is 0 Å². The number of amides is 3. The van der Waals surface area contributed by atoms with Gasteiger partial charge < -0.3 is 14.8 Å². The summed E-state index contributed by atoms with van der Waals surface area (Å²) in [5.74, 6) is -0.169. The molecule has 0 radical (unpaired) electrons. The number of carbonyl (C=O) groups excluding carboxylic acids is 3. The summed E-state index contributed by atoms with van der Waals surface area (Å²) in [6, 6.07) is -0.382. The first-order valence-electron chi connectivity index (χ1n) is 12.8. The van der Waals surface area contributed by atoms with Gasteiger partial charge in [-0.1, -0.05) is 47.1 Å². The van der Waals surface area contributed by atoms with Crippen molar-refractivity contribution >= 4 is 17.9 Å². The number of rotatable bonds is 12. The first-order valence-corrected chi connectivity index (χ1v) is 12.8. The maximum absolute atomic E-state index is 12.9. The second kappa shape index (κ2) is 19.0. The van der Waals surface area contributed by atoms with Crippen LogP contribution in [-0.4, -0.2) is 48.1 Å². The summed E-state index contributed by atoms with van der Waals surface area (Å²) >= 11 is 0. The van der Waals surface area contributed by atoms with Crippen LogP contribution in [0.1, 0.15) is 100 Å². The third-order valence-electron chi connectivity index (χ3n) is 4.91. The molecule has 1 aliphatic heterocycles. The molecule has 1 rings (SSSR count). The highest BCUT2D eigenvalue weighted by molar-refractivity contribution is 6.04. The van der Waals surface area contributed by atoms with E-state index in [0.29, 0.717) is 25.1 Å². The fourth-order valence-electron chi connectivity index (χ4n) is 3.36. The fraction of sp³-hybridized carbons (Fsp3) is 0.741. The number of allylic oxidation sites excluding steroid dienone is 1. The number of methoxy groups -OCH3 is 1. The Morgan fingerprint density at radius 2 is 1.76 bits per heavy atom. The number of imide groups is 1. The van der Waals surface area contributed by atoms with Crippen LogP contribution in [0.2, 0.25) is 0 Å². The SMILES string of the molecule is C=CCCCC[C@@H](C)C(=O)N1C(=O)C=C(OC)C1CCCCNC(=O)OC(C)(C)C.CC.CC. The van der Waals surface area contributed by atoms with E-state index in [1.54, 1.807) is 0 Å². The predicted octanol–water partition coefficient (Wildman–Crippen LogP) is 6.38. The van der Waals surface area contributed by atoms with Crippen LogP contribution in [0.5, 0.6) is 0 Å². The normalized spacial score (nSPS) is 15.7. The Bertz CT molecular complexity index is 637. The molecule has 3 amide bonds. The van der Waals surface area contributed by atoms with Gasteiger partial charge >= 0.3 is 6.09 Å². The number of nitrogens with zero attached hydrogens (tertiary/aromatic N) is 1. The van der Waals surface area contributed by atoms with E-state index in [0.717, 1.165) is 32.1 Å². The Morgan fingerprint density at radius 1 is 1.15 bits per heavy atom. The van der Waals surface area contributed by atoms with Gasteiger partial charge in [-0.15, -0.1) is 6.58 Å². The third kappa shape index (κ3) is 13.4. The van der Waals surface area contributed by atoms with Crippen LogP contribution in [0.15, 0.2) is 24.5 Å². The van der Waals surface area contributed by atoms with Gasteiger partial charge in [0.05, 0.1) is 13.2 Å². The van der Waals surface area contributed by atoms with Crippen LogP contribution in [-0.2, 0) is 19.1 Å². The Hall–Kier alpha value is -2.31. The number of alkyl carbamates (subject to hydrolysis) is 1. The largest absolute Gasteiger partial charge is 0.499 e.